The first-order chi connectivity index (χ1) is 8.40. The van der Waals surface area contributed by atoms with Gasteiger partial charge in [0.15, 0.2) is 0 Å². The van der Waals surface area contributed by atoms with E-state index in [0.29, 0.717) is 12.0 Å². The van der Waals surface area contributed by atoms with Crippen molar-refractivity contribution in [2.24, 2.45) is 5.92 Å². The van der Waals surface area contributed by atoms with Gasteiger partial charge in [-0.3, -0.25) is 0 Å². The lowest BCUT2D eigenvalue weighted by atomic mass is 10.2. The van der Waals surface area contributed by atoms with Crippen molar-refractivity contribution >= 4 is 5.95 Å². The molecule has 1 aromatic rings. The molecule has 0 amide bonds. The molecule has 0 fully saturated rings. The zero-order valence-corrected chi connectivity index (χ0v) is 12.7. The molecule has 0 saturated heterocycles. The van der Waals surface area contributed by atoms with Gasteiger partial charge >= 0.3 is 0 Å². The lowest BCUT2D eigenvalue weighted by Gasteiger charge is -2.21. The summed E-state index contributed by atoms with van der Waals surface area (Å²) < 4.78 is 2.22. The van der Waals surface area contributed by atoms with Crippen LogP contribution in [0.1, 0.15) is 33.4 Å². The van der Waals surface area contributed by atoms with Gasteiger partial charge in [-0.15, -0.1) is 0 Å². The summed E-state index contributed by atoms with van der Waals surface area (Å²) in [5.41, 5.74) is 1.08. The van der Waals surface area contributed by atoms with Crippen molar-refractivity contribution in [3.63, 3.8) is 0 Å². The molecule has 1 N–H and O–H groups in total. The summed E-state index contributed by atoms with van der Waals surface area (Å²) in [5, 5.41) is 3.44. The van der Waals surface area contributed by atoms with Crippen LogP contribution in [0.15, 0.2) is 6.20 Å². The molecule has 1 aromatic heterocycles. The molecule has 0 saturated carbocycles. The van der Waals surface area contributed by atoms with Gasteiger partial charge in [0.2, 0.25) is 5.95 Å². The Labute approximate surface area is 111 Å². The molecular formula is C14H28N4. The van der Waals surface area contributed by atoms with Gasteiger partial charge in [-0.1, -0.05) is 13.8 Å². The number of nitrogens with zero attached hydrogens (tertiary/aromatic N) is 3. The molecule has 4 heteroatoms. The van der Waals surface area contributed by atoms with Crippen LogP contribution in [0.5, 0.6) is 0 Å². The highest BCUT2D eigenvalue weighted by Crippen LogP contribution is 2.11. The third-order valence-corrected chi connectivity index (χ3v) is 3.09. The molecule has 0 atom stereocenters. The zero-order valence-electron chi connectivity index (χ0n) is 12.7. The second-order valence-corrected chi connectivity index (χ2v) is 5.75. The maximum atomic E-state index is 4.54. The number of likely N-dealkylation sites (N-methyl/N-ethyl adjacent to an activating group) is 1. The van der Waals surface area contributed by atoms with E-state index in [0.717, 1.165) is 31.3 Å². The van der Waals surface area contributed by atoms with Crippen molar-refractivity contribution in [3.05, 3.63) is 11.9 Å². The second-order valence-electron chi connectivity index (χ2n) is 5.75. The summed E-state index contributed by atoms with van der Waals surface area (Å²) >= 11 is 0. The van der Waals surface area contributed by atoms with E-state index in [1.807, 2.05) is 6.92 Å². The Kier molecular flexibility index (Phi) is 5.66. The van der Waals surface area contributed by atoms with Crippen LogP contribution in [0.4, 0.5) is 5.95 Å². The number of aryl methyl sites for hydroxylation is 1. The van der Waals surface area contributed by atoms with Crippen LogP contribution in [-0.2, 0) is 6.54 Å². The molecule has 0 bridgehead atoms. The van der Waals surface area contributed by atoms with Crippen LogP contribution >= 0.6 is 0 Å². The molecule has 1 rings (SSSR count). The number of aromatic nitrogens is 2. The van der Waals surface area contributed by atoms with E-state index < -0.39 is 0 Å². The Hall–Kier alpha value is -1.03. The van der Waals surface area contributed by atoms with Gasteiger partial charge in [-0.25, -0.2) is 4.98 Å². The first kappa shape index (κ1) is 15.0. The van der Waals surface area contributed by atoms with Crippen molar-refractivity contribution in [3.8, 4) is 0 Å². The summed E-state index contributed by atoms with van der Waals surface area (Å²) in [4.78, 5) is 6.87. The number of hydrogen-bond acceptors (Lipinski definition) is 3. The molecule has 4 nitrogen and oxygen atoms in total. The Morgan fingerprint density at radius 1 is 1.33 bits per heavy atom. The van der Waals surface area contributed by atoms with Crippen LogP contribution in [0, 0.1) is 12.8 Å². The first-order valence-electron chi connectivity index (χ1n) is 6.88. The Morgan fingerprint density at radius 2 is 2.00 bits per heavy atom. The molecule has 1 heterocycles. The molecule has 0 unspecified atom stereocenters. The molecule has 104 valence electrons. The maximum Gasteiger partial charge on any atom is 0.203 e. The predicted octanol–water partition coefficient (Wildman–Crippen LogP) is 2.60. The lowest BCUT2D eigenvalue weighted by Crippen LogP contribution is -2.31. The van der Waals surface area contributed by atoms with Crippen molar-refractivity contribution in [1.29, 1.82) is 0 Å². The van der Waals surface area contributed by atoms with Crippen molar-refractivity contribution in [1.82, 2.24) is 14.5 Å². The summed E-state index contributed by atoms with van der Waals surface area (Å²) in [6, 6.07) is 0.587. The monoisotopic (exact) mass is 252 g/mol. The van der Waals surface area contributed by atoms with Gasteiger partial charge in [0.25, 0.3) is 0 Å². The summed E-state index contributed by atoms with van der Waals surface area (Å²) in [6.45, 7) is 13.9. The summed E-state index contributed by atoms with van der Waals surface area (Å²) in [5.74, 6) is 1.64. The minimum absolute atomic E-state index is 0.587. The van der Waals surface area contributed by atoms with E-state index in [-0.39, 0.29) is 0 Å². The van der Waals surface area contributed by atoms with Crippen molar-refractivity contribution in [2.75, 3.05) is 25.5 Å². The van der Waals surface area contributed by atoms with Crippen molar-refractivity contribution in [2.45, 2.75) is 47.2 Å². The standard InChI is InChI=1S/C14H28N4/c1-11(2)9-18-10-13(5)16-14(18)15-7-8-17(6)12(3)4/h10-12H,7-9H2,1-6H3,(H,15,16). The smallest absolute Gasteiger partial charge is 0.203 e. The van der Waals surface area contributed by atoms with Crippen LogP contribution in [0.2, 0.25) is 0 Å². The summed E-state index contributed by atoms with van der Waals surface area (Å²) in [6.07, 6.45) is 2.12. The van der Waals surface area contributed by atoms with E-state index in [1.165, 1.54) is 0 Å². The van der Waals surface area contributed by atoms with Crippen molar-refractivity contribution < 1.29 is 0 Å². The van der Waals surface area contributed by atoms with Crippen LogP contribution < -0.4 is 5.32 Å². The summed E-state index contributed by atoms with van der Waals surface area (Å²) in [7, 11) is 2.15. The molecular weight excluding hydrogens is 224 g/mol. The zero-order chi connectivity index (χ0) is 13.7. The largest absolute Gasteiger partial charge is 0.354 e. The average molecular weight is 252 g/mol. The van der Waals surface area contributed by atoms with E-state index in [4.69, 9.17) is 0 Å². The predicted molar refractivity (Wildman–Crippen MR) is 78.1 cm³/mol. The molecule has 0 aliphatic heterocycles. The normalized spacial score (nSPS) is 11.8. The fourth-order valence-corrected chi connectivity index (χ4v) is 1.82. The highest BCUT2D eigenvalue weighted by Gasteiger charge is 2.07. The average Bonchev–Trinajstić information content (AvgIpc) is 2.57. The fraction of sp³-hybridized carbons (Fsp3) is 0.786. The SMILES string of the molecule is Cc1cn(CC(C)C)c(NCCN(C)C(C)C)n1. The Balaban J connectivity index is 2.51. The topological polar surface area (TPSA) is 33.1 Å². The van der Waals surface area contributed by atoms with E-state index in [1.54, 1.807) is 0 Å². The highest BCUT2D eigenvalue weighted by molar-refractivity contribution is 5.28. The fourth-order valence-electron chi connectivity index (χ4n) is 1.82. The number of hydrogen-bond donors (Lipinski definition) is 1. The lowest BCUT2D eigenvalue weighted by molar-refractivity contribution is 0.284. The van der Waals surface area contributed by atoms with Gasteiger partial charge < -0.3 is 14.8 Å². The molecule has 0 aliphatic rings. The van der Waals surface area contributed by atoms with Gasteiger partial charge in [0, 0.05) is 31.9 Å². The van der Waals surface area contributed by atoms with Gasteiger partial charge in [0.1, 0.15) is 0 Å². The highest BCUT2D eigenvalue weighted by atomic mass is 15.2. The number of anilines is 1. The van der Waals surface area contributed by atoms with Gasteiger partial charge in [-0.2, -0.15) is 0 Å². The number of rotatable bonds is 7. The van der Waals surface area contributed by atoms with E-state index >= 15 is 0 Å². The molecule has 18 heavy (non-hydrogen) atoms. The van der Waals surface area contributed by atoms with Crippen LogP contribution in [0.25, 0.3) is 0 Å². The number of nitrogens with one attached hydrogen (secondary N) is 1. The van der Waals surface area contributed by atoms with Gasteiger partial charge in [0.05, 0.1) is 5.69 Å². The van der Waals surface area contributed by atoms with E-state index in [2.05, 4.69) is 60.7 Å². The molecule has 0 aliphatic carbocycles. The minimum Gasteiger partial charge on any atom is -0.354 e. The van der Waals surface area contributed by atoms with Crippen LogP contribution in [-0.4, -0.2) is 40.6 Å². The first-order valence-corrected chi connectivity index (χ1v) is 6.88. The van der Waals surface area contributed by atoms with E-state index in [9.17, 15) is 0 Å². The number of imidazole rings is 1. The third-order valence-electron chi connectivity index (χ3n) is 3.09. The minimum atomic E-state index is 0.587. The Morgan fingerprint density at radius 3 is 2.56 bits per heavy atom. The molecule has 0 spiro atoms. The molecule has 0 radical (unpaired) electrons. The third kappa shape index (κ3) is 4.69. The maximum absolute atomic E-state index is 4.54. The molecule has 0 aromatic carbocycles. The van der Waals surface area contributed by atoms with Gasteiger partial charge in [-0.05, 0) is 33.7 Å². The quantitative estimate of drug-likeness (QED) is 0.810. The second kappa shape index (κ2) is 6.78. The Bertz CT molecular complexity index is 355. The van der Waals surface area contributed by atoms with Crippen LogP contribution in [0.3, 0.4) is 0 Å².